The van der Waals surface area contributed by atoms with Crippen molar-refractivity contribution in [3.63, 3.8) is 0 Å². The first-order valence-corrected chi connectivity index (χ1v) is 12.7. The summed E-state index contributed by atoms with van der Waals surface area (Å²) < 4.78 is 17.8. The molecule has 2 aromatic carbocycles. The Balaban J connectivity index is 1.41. The van der Waals surface area contributed by atoms with Crippen molar-refractivity contribution in [1.82, 2.24) is 20.1 Å². The van der Waals surface area contributed by atoms with Gasteiger partial charge in [0.15, 0.2) is 11.5 Å². The van der Waals surface area contributed by atoms with Gasteiger partial charge in [0.25, 0.3) is 5.91 Å². The predicted octanol–water partition coefficient (Wildman–Crippen LogP) is 5.70. The van der Waals surface area contributed by atoms with Crippen molar-refractivity contribution < 1.29 is 9.18 Å². The Labute approximate surface area is 210 Å². The molecule has 1 amide bonds. The van der Waals surface area contributed by atoms with E-state index in [-0.39, 0.29) is 24.2 Å². The number of hydrogen-bond donors (Lipinski definition) is 1. The van der Waals surface area contributed by atoms with Crippen LogP contribution in [-0.4, -0.2) is 27.2 Å². The first kappa shape index (κ1) is 23.9. The molecular weight excluding hydrogens is 465 g/mol. The van der Waals surface area contributed by atoms with Crippen LogP contribution in [0.1, 0.15) is 78.4 Å². The minimum Gasteiger partial charge on any atom is -0.318 e. The number of fused-ring (bicyclic) bond motifs is 1. The minimum atomic E-state index is -1.82. The van der Waals surface area contributed by atoms with Crippen molar-refractivity contribution in [3.05, 3.63) is 75.8 Å². The van der Waals surface area contributed by atoms with Crippen LogP contribution in [0.5, 0.6) is 0 Å². The highest BCUT2D eigenvalue weighted by Gasteiger charge is 2.38. The average molecular weight is 496 g/mol. The highest BCUT2D eigenvalue weighted by molar-refractivity contribution is 6.32. The van der Waals surface area contributed by atoms with Crippen molar-refractivity contribution >= 4 is 23.2 Å². The summed E-state index contributed by atoms with van der Waals surface area (Å²) in [5.74, 6) is 0.870. The van der Waals surface area contributed by atoms with Gasteiger partial charge in [-0.3, -0.25) is 4.79 Å². The van der Waals surface area contributed by atoms with Crippen molar-refractivity contribution in [2.45, 2.75) is 57.8 Å². The van der Waals surface area contributed by atoms with Gasteiger partial charge in [0, 0.05) is 34.9 Å². The van der Waals surface area contributed by atoms with Crippen LogP contribution in [0.15, 0.2) is 42.7 Å². The smallest absolute Gasteiger partial charge is 0.258 e. The maximum Gasteiger partial charge on any atom is 0.258 e. The highest BCUT2D eigenvalue weighted by atomic mass is 35.5. The average Bonchev–Trinajstić information content (AvgIpc) is 3.41. The number of hydrogen-bond acceptors (Lipinski definition) is 4. The Morgan fingerprint density at radius 2 is 2.09 bits per heavy atom. The molecule has 184 valence electrons. The van der Waals surface area contributed by atoms with E-state index in [2.05, 4.69) is 22.4 Å². The van der Waals surface area contributed by atoms with E-state index in [1.165, 1.54) is 25.6 Å². The number of amides is 1. The van der Waals surface area contributed by atoms with Gasteiger partial charge in [0.1, 0.15) is 6.33 Å². The molecule has 1 N–H and O–H groups in total. The van der Waals surface area contributed by atoms with Gasteiger partial charge in [-0.25, -0.2) is 4.39 Å². The van der Waals surface area contributed by atoms with Crippen molar-refractivity contribution in [3.8, 4) is 0 Å². The third-order valence-electron chi connectivity index (χ3n) is 7.62. The molecule has 1 saturated carbocycles. The molecule has 2 heterocycles. The van der Waals surface area contributed by atoms with Crippen LogP contribution in [0, 0.1) is 5.92 Å². The molecule has 35 heavy (non-hydrogen) atoms. The quantitative estimate of drug-likeness (QED) is 0.435. The molecule has 8 heteroatoms. The molecule has 6 nitrogen and oxygen atoms in total. The molecule has 1 fully saturated rings. The van der Waals surface area contributed by atoms with E-state index in [9.17, 15) is 4.79 Å². The molecule has 2 atom stereocenters. The van der Waals surface area contributed by atoms with E-state index < -0.39 is 5.67 Å². The van der Waals surface area contributed by atoms with E-state index in [0.717, 1.165) is 23.6 Å². The zero-order chi connectivity index (χ0) is 24.7. The Bertz CT molecular complexity index is 1260. The molecule has 1 aromatic heterocycles. The third-order valence-corrected chi connectivity index (χ3v) is 7.95. The second-order valence-corrected chi connectivity index (χ2v) is 10.2. The van der Waals surface area contributed by atoms with Crippen molar-refractivity contribution in [2.24, 2.45) is 13.0 Å². The summed E-state index contributed by atoms with van der Waals surface area (Å²) in [6.07, 6.45) is 5.57. The number of carbonyl (C=O) groups is 1. The number of aromatic nitrogens is 3. The SMILES string of the molecule is CC[C@](F)(c1cccc(N2Cc3c(Cl)cc([C@H](C)NCC4CCC4)cc3C2=O)c1)c1nncn1C. The van der Waals surface area contributed by atoms with Gasteiger partial charge in [-0.1, -0.05) is 37.1 Å². The first-order valence-electron chi connectivity index (χ1n) is 12.3. The van der Waals surface area contributed by atoms with Crippen LogP contribution in [0.3, 0.4) is 0 Å². The lowest BCUT2D eigenvalue weighted by Gasteiger charge is -2.27. The van der Waals surface area contributed by atoms with Crippen LogP contribution in [0.25, 0.3) is 0 Å². The predicted molar refractivity (Wildman–Crippen MR) is 135 cm³/mol. The summed E-state index contributed by atoms with van der Waals surface area (Å²) in [6, 6.07) is 11.1. The first-order chi connectivity index (χ1) is 16.8. The van der Waals surface area contributed by atoms with E-state index in [1.807, 2.05) is 18.2 Å². The summed E-state index contributed by atoms with van der Waals surface area (Å²) in [6.45, 7) is 5.22. The molecule has 3 aromatic rings. The fourth-order valence-electron chi connectivity index (χ4n) is 5.05. The number of rotatable bonds is 8. The molecule has 0 saturated heterocycles. The molecule has 0 spiro atoms. The summed E-state index contributed by atoms with van der Waals surface area (Å²) in [4.78, 5) is 15.2. The van der Waals surface area contributed by atoms with Crippen molar-refractivity contribution in [2.75, 3.05) is 11.4 Å². The van der Waals surface area contributed by atoms with Gasteiger partial charge in [-0.15, -0.1) is 10.2 Å². The normalized spacial score (nSPS) is 18.3. The maximum absolute atomic E-state index is 16.2. The number of nitrogens with one attached hydrogen (secondary N) is 1. The number of alkyl halides is 1. The van der Waals surface area contributed by atoms with Gasteiger partial charge in [-0.2, -0.15) is 0 Å². The lowest BCUT2D eigenvalue weighted by molar-refractivity contribution is 0.0996. The number of halogens is 2. The summed E-state index contributed by atoms with van der Waals surface area (Å²) in [7, 11) is 1.73. The number of carbonyl (C=O) groups excluding carboxylic acids is 1. The molecule has 0 bridgehead atoms. The second kappa shape index (κ2) is 9.36. The van der Waals surface area contributed by atoms with Gasteiger partial charge < -0.3 is 14.8 Å². The Hall–Kier alpha value is -2.77. The topological polar surface area (TPSA) is 63.1 Å². The van der Waals surface area contributed by atoms with Crippen LogP contribution in [0.4, 0.5) is 10.1 Å². The summed E-state index contributed by atoms with van der Waals surface area (Å²) in [5, 5.41) is 12.0. The zero-order valence-corrected chi connectivity index (χ0v) is 21.1. The second-order valence-electron chi connectivity index (χ2n) is 9.82. The minimum absolute atomic E-state index is 0.103. The number of nitrogens with zero attached hydrogens (tertiary/aromatic N) is 4. The largest absolute Gasteiger partial charge is 0.318 e. The third kappa shape index (κ3) is 4.25. The van der Waals surface area contributed by atoms with E-state index >= 15 is 4.39 Å². The fraction of sp³-hybridized carbons (Fsp3) is 0.444. The van der Waals surface area contributed by atoms with Crippen LogP contribution in [-0.2, 0) is 19.3 Å². The lowest BCUT2D eigenvalue weighted by atomic mass is 9.85. The van der Waals surface area contributed by atoms with E-state index in [0.29, 0.717) is 28.4 Å². The monoisotopic (exact) mass is 495 g/mol. The maximum atomic E-state index is 16.2. The fourth-order valence-corrected chi connectivity index (χ4v) is 5.34. The molecule has 1 aliphatic carbocycles. The Morgan fingerprint density at radius 3 is 2.74 bits per heavy atom. The molecule has 5 rings (SSSR count). The summed E-state index contributed by atoms with van der Waals surface area (Å²) in [5.41, 5.74) is 1.70. The van der Waals surface area contributed by atoms with Gasteiger partial charge >= 0.3 is 0 Å². The van der Waals surface area contributed by atoms with Crippen LogP contribution < -0.4 is 10.2 Å². The number of anilines is 1. The molecule has 2 aliphatic rings. The lowest BCUT2D eigenvalue weighted by Crippen LogP contribution is -2.29. The van der Waals surface area contributed by atoms with E-state index in [4.69, 9.17) is 11.6 Å². The highest BCUT2D eigenvalue weighted by Crippen LogP contribution is 2.40. The van der Waals surface area contributed by atoms with Crippen molar-refractivity contribution in [1.29, 1.82) is 0 Å². The standard InChI is InChI=1S/C27H31ClFN5O/c1-4-27(29,26-32-31-16-33(26)3)20-9-6-10-21(13-20)34-15-23-22(25(34)35)11-19(12-24(23)28)17(2)30-14-18-7-5-8-18/h6,9-13,16-18,30H,4-5,7-8,14-15H2,1-3H3/t17-,27-/m0/s1. The van der Waals surface area contributed by atoms with Gasteiger partial charge in [-0.05, 0) is 74.0 Å². The zero-order valence-electron chi connectivity index (χ0n) is 20.4. The van der Waals surface area contributed by atoms with Crippen LogP contribution in [0.2, 0.25) is 5.02 Å². The molecule has 0 unspecified atom stereocenters. The number of aryl methyl sites for hydroxylation is 1. The Morgan fingerprint density at radius 1 is 1.29 bits per heavy atom. The molecular formula is C27H31ClFN5O. The Kier molecular flexibility index (Phi) is 6.40. The summed E-state index contributed by atoms with van der Waals surface area (Å²) >= 11 is 6.66. The van der Waals surface area contributed by atoms with Crippen LogP contribution >= 0.6 is 11.6 Å². The number of benzene rings is 2. The van der Waals surface area contributed by atoms with Gasteiger partial charge in [0.2, 0.25) is 0 Å². The molecule has 0 radical (unpaired) electrons. The van der Waals surface area contributed by atoms with Gasteiger partial charge in [0.05, 0.1) is 6.54 Å². The van der Waals surface area contributed by atoms with E-state index in [1.54, 1.807) is 41.6 Å². The molecule has 1 aliphatic heterocycles.